The van der Waals surface area contributed by atoms with E-state index in [-0.39, 0.29) is 11.6 Å². The van der Waals surface area contributed by atoms with E-state index < -0.39 is 0 Å². The lowest BCUT2D eigenvalue weighted by Crippen LogP contribution is -2.17. The highest BCUT2D eigenvalue weighted by molar-refractivity contribution is 5.65. The number of nitrogens with zero attached hydrogens (tertiary/aromatic N) is 1. The van der Waals surface area contributed by atoms with Crippen molar-refractivity contribution in [3.63, 3.8) is 0 Å². The van der Waals surface area contributed by atoms with Crippen LogP contribution in [0.2, 0.25) is 0 Å². The van der Waals surface area contributed by atoms with Gasteiger partial charge in [0, 0.05) is 25.0 Å². The summed E-state index contributed by atoms with van der Waals surface area (Å²) in [5.41, 5.74) is 2.44. The number of rotatable bonds is 5. The van der Waals surface area contributed by atoms with Crippen LogP contribution in [0.3, 0.4) is 0 Å². The van der Waals surface area contributed by atoms with Crippen molar-refractivity contribution in [2.24, 2.45) is 0 Å². The lowest BCUT2D eigenvalue weighted by atomic mass is 10.1. The Balaban J connectivity index is 2.35. The molecule has 106 valence electrons. The lowest BCUT2D eigenvalue weighted by Gasteiger charge is -2.23. The fourth-order valence-corrected chi connectivity index (χ4v) is 2.11. The van der Waals surface area contributed by atoms with Gasteiger partial charge in [-0.1, -0.05) is 13.0 Å². The molecular weight excluding hydrogens is 258 g/mol. The number of hydrogen-bond donors (Lipinski definition) is 1. The molecule has 0 spiro atoms. The van der Waals surface area contributed by atoms with Crippen molar-refractivity contribution in [3.8, 4) is 0 Å². The van der Waals surface area contributed by atoms with Gasteiger partial charge in [0.15, 0.2) is 0 Å². The van der Waals surface area contributed by atoms with Crippen LogP contribution in [0.15, 0.2) is 42.5 Å². The SMILES string of the molecule is CCNCc1cc(F)ccc1N(C)c1cccc(F)c1. The molecule has 0 aliphatic rings. The van der Waals surface area contributed by atoms with Gasteiger partial charge in [-0.2, -0.15) is 0 Å². The Kier molecular flexibility index (Phi) is 4.69. The second-order valence-corrected chi connectivity index (χ2v) is 4.59. The van der Waals surface area contributed by atoms with E-state index in [4.69, 9.17) is 0 Å². The highest BCUT2D eigenvalue weighted by atomic mass is 19.1. The van der Waals surface area contributed by atoms with Crippen LogP contribution >= 0.6 is 0 Å². The molecule has 0 aliphatic carbocycles. The quantitative estimate of drug-likeness (QED) is 0.892. The molecule has 2 aromatic rings. The Labute approximate surface area is 118 Å². The fourth-order valence-electron chi connectivity index (χ4n) is 2.11. The molecule has 2 nitrogen and oxygen atoms in total. The van der Waals surface area contributed by atoms with Gasteiger partial charge in [0.1, 0.15) is 11.6 Å². The van der Waals surface area contributed by atoms with Crippen LogP contribution in [-0.2, 0) is 6.54 Å². The zero-order chi connectivity index (χ0) is 14.5. The molecule has 1 N–H and O–H groups in total. The number of anilines is 2. The van der Waals surface area contributed by atoms with Gasteiger partial charge in [-0.15, -0.1) is 0 Å². The molecule has 0 radical (unpaired) electrons. The molecule has 0 amide bonds. The van der Waals surface area contributed by atoms with E-state index in [2.05, 4.69) is 5.32 Å². The summed E-state index contributed by atoms with van der Waals surface area (Å²) in [7, 11) is 1.84. The Morgan fingerprint density at radius 1 is 1.05 bits per heavy atom. The van der Waals surface area contributed by atoms with Crippen molar-refractivity contribution in [1.29, 1.82) is 0 Å². The van der Waals surface area contributed by atoms with Gasteiger partial charge < -0.3 is 10.2 Å². The van der Waals surface area contributed by atoms with Gasteiger partial charge in [-0.25, -0.2) is 8.78 Å². The van der Waals surface area contributed by atoms with E-state index in [0.717, 1.165) is 23.5 Å². The molecule has 0 atom stereocenters. The zero-order valence-corrected chi connectivity index (χ0v) is 11.7. The minimum Gasteiger partial charge on any atom is -0.344 e. The second kappa shape index (κ2) is 6.48. The number of halogens is 2. The summed E-state index contributed by atoms with van der Waals surface area (Å²) < 4.78 is 26.7. The van der Waals surface area contributed by atoms with Crippen molar-refractivity contribution < 1.29 is 8.78 Å². The number of nitrogens with one attached hydrogen (secondary N) is 1. The molecule has 20 heavy (non-hydrogen) atoms. The smallest absolute Gasteiger partial charge is 0.125 e. The monoisotopic (exact) mass is 276 g/mol. The Hall–Kier alpha value is -1.94. The third kappa shape index (κ3) is 3.33. The maximum absolute atomic E-state index is 13.4. The van der Waals surface area contributed by atoms with Crippen molar-refractivity contribution in [1.82, 2.24) is 5.32 Å². The molecule has 0 aromatic heterocycles. The van der Waals surface area contributed by atoms with E-state index in [1.165, 1.54) is 24.3 Å². The molecular formula is C16H18F2N2. The molecule has 4 heteroatoms. The predicted octanol–water partition coefficient (Wildman–Crippen LogP) is 3.84. The molecule has 0 bridgehead atoms. The van der Waals surface area contributed by atoms with Crippen molar-refractivity contribution in [2.45, 2.75) is 13.5 Å². The third-order valence-electron chi connectivity index (χ3n) is 3.16. The minimum atomic E-state index is -0.287. The van der Waals surface area contributed by atoms with Gasteiger partial charge in [0.2, 0.25) is 0 Å². The normalized spacial score (nSPS) is 10.6. The van der Waals surface area contributed by atoms with Crippen molar-refractivity contribution in [3.05, 3.63) is 59.7 Å². The van der Waals surface area contributed by atoms with E-state index in [0.29, 0.717) is 6.54 Å². The summed E-state index contributed by atoms with van der Waals surface area (Å²) in [5, 5.41) is 3.18. The average Bonchev–Trinajstić information content (AvgIpc) is 2.44. The van der Waals surface area contributed by atoms with Crippen LogP contribution in [0.1, 0.15) is 12.5 Å². The highest BCUT2D eigenvalue weighted by Crippen LogP contribution is 2.28. The van der Waals surface area contributed by atoms with Crippen LogP contribution in [-0.4, -0.2) is 13.6 Å². The first-order chi connectivity index (χ1) is 9.61. The molecule has 0 saturated carbocycles. The molecule has 2 aromatic carbocycles. The first-order valence-electron chi connectivity index (χ1n) is 6.60. The van der Waals surface area contributed by atoms with E-state index in [1.54, 1.807) is 12.1 Å². The van der Waals surface area contributed by atoms with Gasteiger partial charge >= 0.3 is 0 Å². The Bertz CT molecular complexity index is 584. The minimum absolute atomic E-state index is 0.269. The molecule has 0 unspecified atom stereocenters. The van der Waals surface area contributed by atoms with Crippen LogP contribution in [0, 0.1) is 11.6 Å². The second-order valence-electron chi connectivity index (χ2n) is 4.59. The summed E-state index contributed by atoms with van der Waals surface area (Å²) >= 11 is 0. The van der Waals surface area contributed by atoms with Gasteiger partial charge in [0.05, 0.1) is 0 Å². The summed E-state index contributed by atoms with van der Waals surface area (Å²) in [6, 6.07) is 11.0. The fraction of sp³-hybridized carbons (Fsp3) is 0.250. The highest BCUT2D eigenvalue weighted by Gasteiger charge is 2.10. The summed E-state index contributed by atoms with van der Waals surface area (Å²) in [5.74, 6) is -0.556. The Morgan fingerprint density at radius 3 is 2.50 bits per heavy atom. The molecule has 0 saturated heterocycles. The van der Waals surface area contributed by atoms with Crippen molar-refractivity contribution >= 4 is 11.4 Å². The lowest BCUT2D eigenvalue weighted by molar-refractivity contribution is 0.621. The van der Waals surface area contributed by atoms with Crippen molar-refractivity contribution in [2.75, 3.05) is 18.5 Å². The summed E-state index contributed by atoms with van der Waals surface area (Å²) in [6.45, 7) is 3.37. The van der Waals surface area contributed by atoms with Crippen LogP contribution < -0.4 is 10.2 Å². The largest absolute Gasteiger partial charge is 0.344 e. The first-order valence-corrected chi connectivity index (χ1v) is 6.60. The third-order valence-corrected chi connectivity index (χ3v) is 3.16. The van der Waals surface area contributed by atoms with E-state index in [9.17, 15) is 8.78 Å². The summed E-state index contributed by atoms with van der Waals surface area (Å²) in [6.07, 6.45) is 0. The molecule has 0 fully saturated rings. The maximum atomic E-state index is 13.4. The van der Waals surface area contributed by atoms with E-state index >= 15 is 0 Å². The zero-order valence-electron chi connectivity index (χ0n) is 11.7. The topological polar surface area (TPSA) is 15.3 Å². The Morgan fingerprint density at radius 2 is 1.80 bits per heavy atom. The molecule has 0 heterocycles. The van der Waals surface area contributed by atoms with Gasteiger partial charge in [0.25, 0.3) is 0 Å². The predicted molar refractivity (Wildman–Crippen MR) is 78.2 cm³/mol. The number of hydrogen-bond acceptors (Lipinski definition) is 2. The number of benzene rings is 2. The first kappa shape index (κ1) is 14.5. The van der Waals surface area contributed by atoms with Crippen LogP contribution in [0.25, 0.3) is 0 Å². The summed E-state index contributed by atoms with van der Waals surface area (Å²) in [4.78, 5) is 1.86. The van der Waals surface area contributed by atoms with Gasteiger partial charge in [-0.05, 0) is 48.5 Å². The standard InChI is InChI=1S/C16H18F2N2/c1-3-19-11-12-9-14(18)7-8-16(12)20(2)15-6-4-5-13(17)10-15/h4-10,19H,3,11H2,1-2H3. The van der Waals surface area contributed by atoms with Crippen LogP contribution in [0.4, 0.5) is 20.2 Å². The molecule has 2 rings (SSSR count). The van der Waals surface area contributed by atoms with Gasteiger partial charge in [-0.3, -0.25) is 0 Å². The average molecular weight is 276 g/mol. The maximum Gasteiger partial charge on any atom is 0.125 e. The molecule has 0 aliphatic heterocycles. The van der Waals surface area contributed by atoms with E-state index in [1.807, 2.05) is 24.9 Å². The van der Waals surface area contributed by atoms with Crippen LogP contribution in [0.5, 0.6) is 0 Å².